The Morgan fingerprint density at radius 2 is 1.48 bits per heavy atom. The molecule has 132 valence electrons. The molecular weight excluding hydrogens is 308 g/mol. The Labute approximate surface area is 145 Å². The standard InChI is InChI=1S/C18H32N2O2S/c1-18(2,3)23-14-16(21)19-12-8-15(9-13-19)17(22)20-10-6-4-5-7-11-20/h15H,4-14H2,1-3H3. The Morgan fingerprint density at radius 1 is 0.913 bits per heavy atom. The van der Waals surface area contributed by atoms with Crippen molar-refractivity contribution < 1.29 is 9.59 Å². The zero-order valence-corrected chi connectivity index (χ0v) is 15.8. The molecule has 0 aromatic carbocycles. The van der Waals surface area contributed by atoms with Gasteiger partial charge in [0.1, 0.15) is 0 Å². The van der Waals surface area contributed by atoms with Crippen LogP contribution in [0.5, 0.6) is 0 Å². The molecule has 2 heterocycles. The fourth-order valence-electron chi connectivity index (χ4n) is 3.29. The van der Waals surface area contributed by atoms with Crippen molar-refractivity contribution >= 4 is 23.6 Å². The second kappa shape index (κ2) is 8.41. The van der Waals surface area contributed by atoms with Gasteiger partial charge in [-0.25, -0.2) is 0 Å². The molecule has 2 rings (SSSR count). The molecule has 0 saturated carbocycles. The molecule has 0 radical (unpaired) electrons. The highest BCUT2D eigenvalue weighted by atomic mass is 32.2. The van der Waals surface area contributed by atoms with E-state index in [0.29, 0.717) is 11.7 Å². The molecule has 2 fully saturated rings. The van der Waals surface area contributed by atoms with Crippen molar-refractivity contribution in [1.82, 2.24) is 9.80 Å². The van der Waals surface area contributed by atoms with Gasteiger partial charge in [-0.15, -0.1) is 11.8 Å². The van der Waals surface area contributed by atoms with E-state index >= 15 is 0 Å². The summed E-state index contributed by atoms with van der Waals surface area (Å²) in [5, 5.41) is 0. The molecule has 2 aliphatic rings. The molecule has 0 N–H and O–H groups in total. The van der Waals surface area contributed by atoms with Crippen LogP contribution in [0, 0.1) is 5.92 Å². The van der Waals surface area contributed by atoms with Gasteiger partial charge in [-0.2, -0.15) is 0 Å². The van der Waals surface area contributed by atoms with Crippen molar-refractivity contribution in [3.05, 3.63) is 0 Å². The van der Waals surface area contributed by atoms with E-state index in [0.717, 1.165) is 51.9 Å². The summed E-state index contributed by atoms with van der Waals surface area (Å²) in [6, 6.07) is 0. The van der Waals surface area contributed by atoms with Crippen LogP contribution in [0.15, 0.2) is 0 Å². The minimum atomic E-state index is 0.122. The summed E-state index contributed by atoms with van der Waals surface area (Å²) in [4.78, 5) is 29.0. The molecule has 0 atom stereocenters. The molecule has 0 aromatic heterocycles. The zero-order chi connectivity index (χ0) is 16.9. The van der Waals surface area contributed by atoms with Crippen molar-refractivity contribution in [2.45, 2.75) is 64.0 Å². The van der Waals surface area contributed by atoms with Gasteiger partial charge in [0, 0.05) is 36.8 Å². The maximum atomic E-state index is 12.7. The molecule has 2 saturated heterocycles. The predicted molar refractivity (Wildman–Crippen MR) is 96.6 cm³/mol. The van der Waals surface area contributed by atoms with E-state index < -0.39 is 0 Å². The maximum Gasteiger partial charge on any atom is 0.232 e. The lowest BCUT2D eigenvalue weighted by molar-refractivity contribution is -0.139. The minimum absolute atomic E-state index is 0.122. The van der Waals surface area contributed by atoms with Gasteiger partial charge in [0.2, 0.25) is 11.8 Å². The molecule has 5 heteroatoms. The number of rotatable bonds is 3. The van der Waals surface area contributed by atoms with Crippen molar-refractivity contribution in [3.8, 4) is 0 Å². The van der Waals surface area contributed by atoms with Crippen molar-refractivity contribution in [2.75, 3.05) is 31.9 Å². The number of carbonyl (C=O) groups excluding carboxylic acids is 2. The van der Waals surface area contributed by atoms with Gasteiger partial charge in [-0.05, 0) is 25.7 Å². The lowest BCUT2D eigenvalue weighted by Gasteiger charge is -2.34. The maximum absolute atomic E-state index is 12.7. The first-order valence-electron chi connectivity index (χ1n) is 9.07. The lowest BCUT2D eigenvalue weighted by Crippen LogP contribution is -2.45. The van der Waals surface area contributed by atoms with E-state index in [1.807, 2.05) is 4.90 Å². The Kier molecular flexibility index (Phi) is 6.81. The van der Waals surface area contributed by atoms with Crippen LogP contribution in [0.4, 0.5) is 0 Å². The van der Waals surface area contributed by atoms with Gasteiger partial charge in [-0.1, -0.05) is 33.6 Å². The molecule has 2 aliphatic heterocycles. The van der Waals surface area contributed by atoms with E-state index in [-0.39, 0.29) is 16.6 Å². The Morgan fingerprint density at radius 3 is 2.00 bits per heavy atom. The number of amides is 2. The molecule has 0 aliphatic carbocycles. The third kappa shape index (κ3) is 6.02. The smallest absolute Gasteiger partial charge is 0.232 e. The number of piperidine rings is 1. The van der Waals surface area contributed by atoms with Crippen LogP contribution < -0.4 is 0 Å². The summed E-state index contributed by atoms with van der Waals surface area (Å²) in [6.45, 7) is 9.76. The van der Waals surface area contributed by atoms with E-state index in [1.165, 1.54) is 12.8 Å². The van der Waals surface area contributed by atoms with Crippen LogP contribution in [0.3, 0.4) is 0 Å². The van der Waals surface area contributed by atoms with Crippen LogP contribution in [0.25, 0.3) is 0 Å². The molecule has 0 aromatic rings. The first kappa shape index (κ1) is 18.6. The second-order valence-corrected chi connectivity index (χ2v) is 9.60. The number of nitrogens with zero attached hydrogens (tertiary/aromatic N) is 2. The number of likely N-dealkylation sites (tertiary alicyclic amines) is 2. The topological polar surface area (TPSA) is 40.6 Å². The van der Waals surface area contributed by atoms with E-state index in [1.54, 1.807) is 11.8 Å². The predicted octanol–water partition coefficient (Wildman–Crippen LogP) is 3.16. The number of hydrogen-bond donors (Lipinski definition) is 0. The van der Waals surface area contributed by atoms with E-state index in [2.05, 4.69) is 25.7 Å². The summed E-state index contributed by atoms with van der Waals surface area (Å²) >= 11 is 1.70. The van der Waals surface area contributed by atoms with Gasteiger partial charge in [0.25, 0.3) is 0 Å². The van der Waals surface area contributed by atoms with E-state index in [4.69, 9.17) is 0 Å². The average molecular weight is 341 g/mol. The number of thioether (sulfide) groups is 1. The van der Waals surface area contributed by atoms with Crippen LogP contribution in [0.2, 0.25) is 0 Å². The van der Waals surface area contributed by atoms with Crippen molar-refractivity contribution in [2.24, 2.45) is 5.92 Å². The Balaban J connectivity index is 1.76. The molecular formula is C18H32N2O2S. The highest BCUT2D eigenvalue weighted by Crippen LogP contribution is 2.25. The molecule has 4 nitrogen and oxygen atoms in total. The second-order valence-electron chi connectivity index (χ2n) is 7.80. The van der Waals surface area contributed by atoms with Gasteiger partial charge in [0.15, 0.2) is 0 Å². The van der Waals surface area contributed by atoms with Crippen LogP contribution in [0.1, 0.15) is 59.3 Å². The minimum Gasteiger partial charge on any atom is -0.342 e. The summed E-state index contributed by atoms with van der Waals surface area (Å²) in [5.41, 5.74) is 0. The SMILES string of the molecule is CC(C)(C)SCC(=O)N1CCC(C(=O)N2CCCCCC2)CC1. The van der Waals surface area contributed by atoms with Crippen molar-refractivity contribution in [3.63, 3.8) is 0 Å². The third-order valence-electron chi connectivity index (χ3n) is 4.74. The van der Waals surface area contributed by atoms with Gasteiger partial charge >= 0.3 is 0 Å². The van der Waals surface area contributed by atoms with E-state index in [9.17, 15) is 9.59 Å². The quantitative estimate of drug-likeness (QED) is 0.792. The van der Waals surface area contributed by atoms with Crippen molar-refractivity contribution in [1.29, 1.82) is 0 Å². The number of hydrogen-bond acceptors (Lipinski definition) is 3. The monoisotopic (exact) mass is 340 g/mol. The summed E-state index contributed by atoms with van der Waals surface area (Å²) < 4.78 is 0.122. The fraction of sp³-hybridized carbons (Fsp3) is 0.889. The zero-order valence-electron chi connectivity index (χ0n) is 15.0. The van der Waals surface area contributed by atoms with Gasteiger partial charge < -0.3 is 9.80 Å². The van der Waals surface area contributed by atoms with Crippen LogP contribution in [-0.4, -0.2) is 58.3 Å². The first-order chi connectivity index (χ1) is 10.9. The molecule has 0 spiro atoms. The average Bonchev–Trinajstić information content (AvgIpc) is 2.80. The molecule has 0 bridgehead atoms. The Bertz CT molecular complexity index is 404. The summed E-state index contributed by atoms with van der Waals surface area (Å²) in [7, 11) is 0. The lowest BCUT2D eigenvalue weighted by atomic mass is 9.95. The first-order valence-corrected chi connectivity index (χ1v) is 10.1. The largest absolute Gasteiger partial charge is 0.342 e. The summed E-state index contributed by atoms with van der Waals surface area (Å²) in [6.07, 6.45) is 6.47. The molecule has 0 unspecified atom stereocenters. The third-order valence-corrected chi connectivity index (χ3v) is 6.00. The highest BCUT2D eigenvalue weighted by Gasteiger charge is 2.30. The molecule has 23 heavy (non-hydrogen) atoms. The summed E-state index contributed by atoms with van der Waals surface area (Å²) in [5.74, 6) is 1.25. The van der Waals surface area contributed by atoms with Crippen LogP contribution >= 0.6 is 11.8 Å². The molecule has 2 amide bonds. The highest BCUT2D eigenvalue weighted by molar-refractivity contribution is 8.01. The normalized spacial score (nSPS) is 21.2. The fourth-order valence-corrected chi connectivity index (χ4v) is 4.03. The van der Waals surface area contributed by atoms with Gasteiger partial charge in [-0.3, -0.25) is 9.59 Å². The van der Waals surface area contributed by atoms with Crippen LogP contribution in [-0.2, 0) is 9.59 Å². The van der Waals surface area contributed by atoms with Gasteiger partial charge in [0.05, 0.1) is 5.75 Å². The Hall–Kier alpha value is -0.710. The number of carbonyl (C=O) groups is 2.